The number of benzene rings is 1. The number of nitrogens with zero attached hydrogens (tertiary/aromatic N) is 4. The Balaban J connectivity index is 1.98. The van der Waals surface area contributed by atoms with Crippen molar-refractivity contribution in [2.75, 3.05) is 11.9 Å². The molecule has 27 heavy (non-hydrogen) atoms. The van der Waals surface area contributed by atoms with Crippen LogP contribution in [0.25, 0.3) is 16.8 Å². The molecule has 2 N–H and O–H groups in total. The van der Waals surface area contributed by atoms with Crippen LogP contribution in [0.1, 0.15) is 20.3 Å². The number of fused-ring (bicyclic) bond motifs is 1. The number of aromatic nitrogens is 3. The lowest BCUT2D eigenvalue weighted by atomic mass is 10.1. The summed E-state index contributed by atoms with van der Waals surface area (Å²) in [5, 5.41) is 16.5. The standard InChI is InChI=1S/C17H19N5O4S/c1-3-9-22(24)27(25,26)15-6-4-5-13(10-15)14-7-8-16-19-17(18-12(2)23)20-21(16)11-14/h4-8,10-11,24H,3,9H2,1-2H3,(H,18,20,23). The molecule has 1 amide bonds. The van der Waals surface area contributed by atoms with Crippen molar-refractivity contribution in [1.29, 1.82) is 0 Å². The van der Waals surface area contributed by atoms with E-state index in [1.165, 1.54) is 23.6 Å². The van der Waals surface area contributed by atoms with Crippen LogP contribution in [0.4, 0.5) is 5.95 Å². The Morgan fingerprint density at radius 2 is 2.04 bits per heavy atom. The molecule has 0 saturated carbocycles. The molecule has 0 spiro atoms. The van der Waals surface area contributed by atoms with Gasteiger partial charge in [-0.25, -0.2) is 12.9 Å². The summed E-state index contributed by atoms with van der Waals surface area (Å²) in [5.74, 6) is -0.0869. The minimum Gasteiger partial charge on any atom is -0.299 e. The summed E-state index contributed by atoms with van der Waals surface area (Å²) in [5.41, 5.74) is 1.88. The molecule has 2 heterocycles. The van der Waals surface area contributed by atoms with Gasteiger partial charge in [-0.15, -0.1) is 5.10 Å². The summed E-state index contributed by atoms with van der Waals surface area (Å²) in [4.78, 5) is 15.3. The van der Waals surface area contributed by atoms with Crippen molar-refractivity contribution in [3.63, 3.8) is 0 Å². The largest absolute Gasteiger partial charge is 0.299 e. The van der Waals surface area contributed by atoms with Gasteiger partial charge in [0.1, 0.15) is 0 Å². The molecule has 0 aliphatic rings. The summed E-state index contributed by atoms with van der Waals surface area (Å²) < 4.78 is 26.7. The zero-order chi connectivity index (χ0) is 19.6. The Morgan fingerprint density at radius 3 is 2.74 bits per heavy atom. The molecular formula is C17H19N5O4S. The Bertz CT molecular complexity index is 1090. The van der Waals surface area contributed by atoms with Gasteiger partial charge in [0.05, 0.1) is 4.90 Å². The Hall–Kier alpha value is -2.82. The summed E-state index contributed by atoms with van der Waals surface area (Å²) in [6, 6.07) is 9.77. The van der Waals surface area contributed by atoms with Crippen LogP contribution in [0.3, 0.4) is 0 Å². The van der Waals surface area contributed by atoms with Gasteiger partial charge in [-0.1, -0.05) is 23.5 Å². The molecule has 10 heteroatoms. The molecule has 0 bridgehead atoms. The number of carbonyl (C=O) groups is 1. The molecular weight excluding hydrogens is 370 g/mol. The number of hydrogen-bond donors (Lipinski definition) is 2. The fourth-order valence-corrected chi connectivity index (χ4v) is 3.73. The summed E-state index contributed by atoms with van der Waals surface area (Å²) in [6.45, 7) is 3.16. The summed E-state index contributed by atoms with van der Waals surface area (Å²) >= 11 is 0. The molecule has 2 aromatic heterocycles. The van der Waals surface area contributed by atoms with Crippen molar-refractivity contribution in [3.05, 3.63) is 42.6 Å². The fraction of sp³-hybridized carbons (Fsp3) is 0.235. The molecule has 9 nitrogen and oxygen atoms in total. The van der Waals surface area contributed by atoms with Crippen LogP contribution < -0.4 is 5.32 Å². The van der Waals surface area contributed by atoms with Crippen molar-refractivity contribution in [3.8, 4) is 11.1 Å². The van der Waals surface area contributed by atoms with Gasteiger partial charge in [-0.05, 0) is 36.2 Å². The molecule has 0 atom stereocenters. The van der Waals surface area contributed by atoms with E-state index in [2.05, 4.69) is 15.4 Å². The van der Waals surface area contributed by atoms with E-state index in [4.69, 9.17) is 0 Å². The second-order valence-electron chi connectivity index (χ2n) is 5.92. The van der Waals surface area contributed by atoms with Crippen molar-refractivity contribution >= 4 is 27.5 Å². The molecule has 1 aromatic carbocycles. The van der Waals surface area contributed by atoms with Crippen LogP contribution in [0, 0.1) is 0 Å². The van der Waals surface area contributed by atoms with Crippen molar-refractivity contribution in [1.82, 2.24) is 19.1 Å². The van der Waals surface area contributed by atoms with E-state index in [1.54, 1.807) is 37.4 Å². The lowest BCUT2D eigenvalue weighted by Crippen LogP contribution is -2.28. The van der Waals surface area contributed by atoms with Gasteiger partial charge in [0.2, 0.25) is 11.9 Å². The van der Waals surface area contributed by atoms with E-state index in [0.717, 1.165) is 0 Å². The predicted octanol–water partition coefficient (Wildman–Crippen LogP) is 2.14. The molecule has 0 unspecified atom stereocenters. The van der Waals surface area contributed by atoms with Crippen LogP contribution >= 0.6 is 0 Å². The first-order valence-corrected chi connectivity index (χ1v) is 9.71. The Kier molecular flexibility index (Phi) is 5.22. The van der Waals surface area contributed by atoms with Crippen molar-refractivity contribution in [2.24, 2.45) is 0 Å². The highest BCUT2D eigenvalue weighted by Gasteiger charge is 2.22. The first kappa shape index (κ1) is 19.0. The van der Waals surface area contributed by atoms with E-state index >= 15 is 0 Å². The Labute approximate surface area is 156 Å². The first-order chi connectivity index (χ1) is 12.8. The molecule has 0 radical (unpaired) electrons. The molecule has 3 rings (SSSR count). The predicted molar refractivity (Wildman–Crippen MR) is 98.7 cm³/mol. The zero-order valence-corrected chi connectivity index (χ0v) is 15.6. The summed E-state index contributed by atoms with van der Waals surface area (Å²) in [6.07, 6.45) is 2.18. The number of amides is 1. The maximum Gasteiger partial charge on any atom is 0.264 e. The number of hydrogen-bond acceptors (Lipinski definition) is 6. The third-order valence-corrected chi connectivity index (χ3v) is 5.36. The van der Waals surface area contributed by atoms with Gasteiger partial charge >= 0.3 is 0 Å². The number of anilines is 1. The van der Waals surface area contributed by atoms with Crippen LogP contribution in [0.2, 0.25) is 0 Å². The van der Waals surface area contributed by atoms with Crippen LogP contribution in [0.5, 0.6) is 0 Å². The number of nitrogens with one attached hydrogen (secondary N) is 1. The van der Waals surface area contributed by atoms with E-state index in [9.17, 15) is 18.4 Å². The minimum atomic E-state index is -3.98. The first-order valence-electron chi connectivity index (χ1n) is 8.27. The number of carbonyl (C=O) groups excluding carboxylic acids is 1. The number of hydroxylamine groups is 1. The third-order valence-electron chi connectivity index (χ3n) is 3.78. The molecule has 3 aromatic rings. The minimum absolute atomic E-state index is 0.00595. The number of rotatable bonds is 6. The highest BCUT2D eigenvalue weighted by molar-refractivity contribution is 7.89. The lowest BCUT2D eigenvalue weighted by molar-refractivity contribution is -0.114. The smallest absolute Gasteiger partial charge is 0.264 e. The average Bonchev–Trinajstić information content (AvgIpc) is 3.02. The normalized spacial score (nSPS) is 11.9. The molecule has 0 aliphatic heterocycles. The van der Waals surface area contributed by atoms with Crippen molar-refractivity contribution < 1.29 is 18.4 Å². The fourth-order valence-electron chi connectivity index (χ4n) is 2.53. The van der Waals surface area contributed by atoms with Crippen LogP contribution in [-0.2, 0) is 14.8 Å². The van der Waals surface area contributed by atoms with Crippen molar-refractivity contribution in [2.45, 2.75) is 25.2 Å². The highest BCUT2D eigenvalue weighted by Crippen LogP contribution is 2.24. The van der Waals surface area contributed by atoms with E-state index < -0.39 is 10.0 Å². The highest BCUT2D eigenvalue weighted by atomic mass is 32.2. The maximum absolute atomic E-state index is 12.4. The van der Waals surface area contributed by atoms with Gasteiger partial charge in [0, 0.05) is 25.2 Å². The lowest BCUT2D eigenvalue weighted by Gasteiger charge is -2.14. The van der Waals surface area contributed by atoms with E-state index in [1.807, 2.05) is 0 Å². The second kappa shape index (κ2) is 7.43. The van der Waals surface area contributed by atoms with E-state index in [-0.39, 0.29) is 23.3 Å². The van der Waals surface area contributed by atoms with Gasteiger partial charge in [0.25, 0.3) is 10.0 Å². The van der Waals surface area contributed by atoms with Crippen LogP contribution in [-0.4, -0.2) is 45.1 Å². The molecule has 0 saturated heterocycles. The average molecular weight is 389 g/mol. The monoisotopic (exact) mass is 389 g/mol. The molecule has 0 aliphatic carbocycles. The second-order valence-corrected chi connectivity index (χ2v) is 7.76. The SMILES string of the molecule is CCCN(O)S(=O)(=O)c1cccc(-c2ccc3nc(NC(C)=O)nn3c2)c1. The number of pyridine rings is 1. The molecule has 0 fully saturated rings. The maximum atomic E-state index is 12.4. The van der Waals surface area contributed by atoms with Gasteiger partial charge in [-0.3, -0.25) is 15.3 Å². The third kappa shape index (κ3) is 3.97. The van der Waals surface area contributed by atoms with E-state index in [0.29, 0.717) is 27.7 Å². The van der Waals surface area contributed by atoms with Gasteiger partial charge in [0.15, 0.2) is 5.65 Å². The Morgan fingerprint density at radius 1 is 1.26 bits per heavy atom. The van der Waals surface area contributed by atoms with Crippen LogP contribution in [0.15, 0.2) is 47.5 Å². The summed E-state index contributed by atoms with van der Waals surface area (Å²) in [7, 11) is -3.98. The molecule has 142 valence electrons. The van der Waals surface area contributed by atoms with Gasteiger partial charge in [-0.2, -0.15) is 4.98 Å². The quantitative estimate of drug-likeness (QED) is 0.624. The zero-order valence-electron chi connectivity index (χ0n) is 14.8. The van der Waals surface area contributed by atoms with Gasteiger partial charge < -0.3 is 0 Å². The topological polar surface area (TPSA) is 117 Å². The number of sulfonamides is 1.